The van der Waals surface area contributed by atoms with Crippen LogP contribution < -0.4 is 15.8 Å². The van der Waals surface area contributed by atoms with E-state index in [-0.39, 0.29) is 10.7 Å². The van der Waals surface area contributed by atoms with Crippen molar-refractivity contribution in [3.8, 4) is 5.75 Å². The van der Waals surface area contributed by atoms with E-state index in [1.54, 1.807) is 0 Å². The Morgan fingerprint density at radius 2 is 1.95 bits per heavy atom. The van der Waals surface area contributed by atoms with E-state index >= 15 is 0 Å². The number of carbonyl (C=O) groups excluding carboxylic acids is 1. The lowest BCUT2D eigenvalue weighted by atomic mass is 10.2. The van der Waals surface area contributed by atoms with Gasteiger partial charge in [0.2, 0.25) is 5.91 Å². The first-order chi connectivity index (χ1) is 9.90. The molecule has 118 valence electrons. The molecule has 0 aliphatic heterocycles. The van der Waals surface area contributed by atoms with Crippen molar-refractivity contribution >= 4 is 23.4 Å². The van der Waals surface area contributed by atoms with Crippen molar-refractivity contribution in [2.24, 2.45) is 5.73 Å². The molecule has 0 atom stereocenters. The Morgan fingerprint density at radius 3 is 2.52 bits per heavy atom. The van der Waals surface area contributed by atoms with Gasteiger partial charge in [0.25, 0.3) is 0 Å². The van der Waals surface area contributed by atoms with Gasteiger partial charge >= 0.3 is 0 Å². The molecule has 0 aliphatic carbocycles. The molecule has 0 aliphatic rings. The van der Waals surface area contributed by atoms with Crippen molar-refractivity contribution in [3.05, 3.63) is 24.3 Å². The van der Waals surface area contributed by atoms with Gasteiger partial charge in [0.1, 0.15) is 12.4 Å². The molecule has 3 N–H and O–H groups in total. The summed E-state index contributed by atoms with van der Waals surface area (Å²) in [6.07, 6.45) is 1.44. The third kappa shape index (κ3) is 8.63. The zero-order valence-corrected chi connectivity index (χ0v) is 14.0. The molecule has 5 heteroatoms. The summed E-state index contributed by atoms with van der Waals surface area (Å²) in [6.45, 7) is 7.55. The number of hydrogen-bond donors (Lipinski definition) is 2. The second kappa shape index (κ2) is 8.95. The lowest BCUT2D eigenvalue weighted by molar-refractivity contribution is -0.116. The van der Waals surface area contributed by atoms with Crippen molar-refractivity contribution < 1.29 is 9.53 Å². The maximum atomic E-state index is 11.8. The first-order valence-corrected chi connectivity index (χ1v) is 8.26. The molecule has 0 aromatic heterocycles. The van der Waals surface area contributed by atoms with Crippen molar-refractivity contribution in [1.29, 1.82) is 0 Å². The van der Waals surface area contributed by atoms with Crippen molar-refractivity contribution in [3.63, 3.8) is 0 Å². The van der Waals surface area contributed by atoms with Crippen LogP contribution in [0.2, 0.25) is 0 Å². The van der Waals surface area contributed by atoms with Crippen LogP contribution in [0.1, 0.15) is 33.6 Å². The predicted octanol–water partition coefficient (Wildman–Crippen LogP) is 3.27. The van der Waals surface area contributed by atoms with Crippen molar-refractivity contribution in [2.75, 3.05) is 24.2 Å². The van der Waals surface area contributed by atoms with E-state index in [0.29, 0.717) is 19.6 Å². The van der Waals surface area contributed by atoms with Crippen LogP contribution in [-0.2, 0) is 4.79 Å². The van der Waals surface area contributed by atoms with Crippen LogP contribution in [-0.4, -0.2) is 29.6 Å². The summed E-state index contributed by atoms with van der Waals surface area (Å²) < 4.78 is 5.65. The standard InChI is InChI=1S/C16H26N2O2S/c1-16(2,3)21-12-4-5-15(19)18-13-6-8-14(9-7-13)20-11-10-17/h6-9H,4-5,10-12,17H2,1-3H3,(H,18,19). The van der Waals surface area contributed by atoms with E-state index in [4.69, 9.17) is 10.5 Å². The van der Waals surface area contributed by atoms with Crippen LogP contribution in [0.3, 0.4) is 0 Å². The van der Waals surface area contributed by atoms with E-state index in [9.17, 15) is 4.79 Å². The first kappa shape index (κ1) is 17.9. The lowest BCUT2D eigenvalue weighted by Crippen LogP contribution is -2.13. The van der Waals surface area contributed by atoms with Gasteiger partial charge in [-0.3, -0.25) is 4.79 Å². The fourth-order valence-electron chi connectivity index (χ4n) is 1.65. The topological polar surface area (TPSA) is 64.3 Å². The summed E-state index contributed by atoms with van der Waals surface area (Å²) in [6, 6.07) is 7.35. The third-order valence-electron chi connectivity index (χ3n) is 2.61. The van der Waals surface area contributed by atoms with Crippen LogP contribution in [0.15, 0.2) is 24.3 Å². The molecule has 0 fully saturated rings. The van der Waals surface area contributed by atoms with E-state index in [0.717, 1.165) is 23.6 Å². The zero-order chi connectivity index (χ0) is 15.7. The molecule has 1 rings (SSSR count). The van der Waals surface area contributed by atoms with E-state index < -0.39 is 0 Å². The van der Waals surface area contributed by atoms with Gasteiger partial charge in [0.05, 0.1) is 0 Å². The highest BCUT2D eigenvalue weighted by molar-refractivity contribution is 8.00. The van der Waals surface area contributed by atoms with Crippen LogP contribution in [0.25, 0.3) is 0 Å². The van der Waals surface area contributed by atoms with Gasteiger partial charge in [-0.1, -0.05) is 20.8 Å². The Kier molecular flexibility index (Phi) is 7.61. The second-order valence-corrected chi connectivity index (χ2v) is 7.70. The lowest BCUT2D eigenvalue weighted by Gasteiger charge is -2.17. The molecule has 0 spiro atoms. The highest BCUT2D eigenvalue weighted by Gasteiger charge is 2.10. The highest BCUT2D eigenvalue weighted by Crippen LogP contribution is 2.24. The van der Waals surface area contributed by atoms with E-state index in [1.807, 2.05) is 36.0 Å². The molecule has 0 unspecified atom stereocenters. The van der Waals surface area contributed by atoms with E-state index in [2.05, 4.69) is 26.1 Å². The number of anilines is 1. The summed E-state index contributed by atoms with van der Waals surface area (Å²) >= 11 is 1.88. The zero-order valence-electron chi connectivity index (χ0n) is 13.1. The molecular formula is C16H26N2O2S. The number of amides is 1. The monoisotopic (exact) mass is 310 g/mol. The number of hydrogen-bond acceptors (Lipinski definition) is 4. The Bertz CT molecular complexity index is 427. The number of thioether (sulfide) groups is 1. The summed E-state index contributed by atoms with van der Waals surface area (Å²) in [7, 11) is 0. The number of carbonyl (C=O) groups is 1. The van der Waals surface area contributed by atoms with Crippen molar-refractivity contribution in [2.45, 2.75) is 38.4 Å². The summed E-state index contributed by atoms with van der Waals surface area (Å²) in [5.41, 5.74) is 6.17. The Balaban J connectivity index is 2.28. The molecular weight excluding hydrogens is 284 g/mol. The molecule has 0 bridgehead atoms. The molecule has 0 saturated carbocycles. The van der Waals surface area contributed by atoms with Crippen LogP contribution >= 0.6 is 11.8 Å². The van der Waals surface area contributed by atoms with Gasteiger partial charge in [-0.15, -0.1) is 0 Å². The first-order valence-electron chi connectivity index (χ1n) is 7.27. The number of rotatable bonds is 8. The molecule has 0 heterocycles. The highest BCUT2D eigenvalue weighted by atomic mass is 32.2. The largest absolute Gasteiger partial charge is 0.492 e. The van der Waals surface area contributed by atoms with Gasteiger partial charge in [0.15, 0.2) is 0 Å². The number of nitrogens with two attached hydrogens (primary N) is 1. The Hall–Kier alpha value is -1.20. The van der Waals surface area contributed by atoms with Gasteiger partial charge in [0, 0.05) is 23.4 Å². The SMILES string of the molecule is CC(C)(C)SCCCC(=O)Nc1ccc(OCCN)cc1. The Morgan fingerprint density at radius 1 is 1.29 bits per heavy atom. The Labute approximate surface area is 131 Å². The summed E-state index contributed by atoms with van der Waals surface area (Å²) in [5.74, 6) is 1.82. The minimum atomic E-state index is 0.0557. The molecule has 1 amide bonds. The second-order valence-electron chi connectivity index (χ2n) is 5.77. The van der Waals surface area contributed by atoms with Crippen LogP contribution in [0, 0.1) is 0 Å². The number of nitrogens with one attached hydrogen (secondary N) is 1. The maximum Gasteiger partial charge on any atom is 0.224 e. The molecule has 21 heavy (non-hydrogen) atoms. The molecule has 4 nitrogen and oxygen atoms in total. The number of benzene rings is 1. The average molecular weight is 310 g/mol. The average Bonchev–Trinajstić information content (AvgIpc) is 2.42. The summed E-state index contributed by atoms with van der Waals surface area (Å²) in [5, 5.41) is 2.89. The molecule has 0 radical (unpaired) electrons. The van der Waals surface area contributed by atoms with Crippen molar-refractivity contribution in [1.82, 2.24) is 0 Å². The molecule has 0 saturated heterocycles. The fraction of sp³-hybridized carbons (Fsp3) is 0.562. The summed E-state index contributed by atoms with van der Waals surface area (Å²) in [4.78, 5) is 11.8. The van der Waals surface area contributed by atoms with Crippen LogP contribution in [0.5, 0.6) is 5.75 Å². The minimum Gasteiger partial charge on any atom is -0.492 e. The maximum absolute atomic E-state index is 11.8. The minimum absolute atomic E-state index is 0.0557. The van der Waals surface area contributed by atoms with Gasteiger partial charge in [-0.25, -0.2) is 0 Å². The quantitative estimate of drug-likeness (QED) is 0.723. The van der Waals surface area contributed by atoms with Gasteiger partial charge in [-0.05, 0) is 36.4 Å². The van der Waals surface area contributed by atoms with Crippen LogP contribution in [0.4, 0.5) is 5.69 Å². The van der Waals surface area contributed by atoms with Gasteiger partial charge in [-0.2, -0.15) is 11.8 Å². The van der Waals surface area contributed by atoms with E-state index in [1.165, 1.54) is 0 Å². The normalized spacial score (nSPS) is 11.2. The molecule has 1 aromatic carbocycles. The predicted molar refractivity (Wildman–Crippen MR) is 91.1 cm³/mol. The smallest absolute Gasteiger partial charge is 0.224 e. The molecule has 1 aromatic rings. The fourth-order valence-corrected chi connectivity index (χ4v) is 2.55. The van der Waals surface area contributed by atoms with Gasteiger partial charge < -0.3 is 15.8 Å². The number of ether oxygens (including phenoxy) is 1. The third-order valence-corrected chi connectivity index (χ3v) is 3.97.